The van der Waals surface area contributed by atoms with Gasteiger partial charge in [0.05, 0.1) is 12.8 Å². The lowest BCUT2D eigenvalue weighted by atomic mass is 10.2. The van der Waals surface area contributed by atoms with Gasteiger partial charge in [-0.25, -0.2) is 18.0 Å². The van der Waals surface area contributed by atoms with Crippen molar-refractivity contribution in [3.8, 4) is 11.5 Å². The van der Waals surface area contributed by atoms with Crippen LogP contribution in [0.1, 0.15) is 17.3 Å². The first-order valence-corrected chi connectivity index (χ1v) is 7.27. The van der Waals surface area contributed by atoms with Crippen LogP contribution < -0.4 is 10.1 Å². The first-order chi connectivity index (χ1) is 12.2. The lowest BCUT2D eigenvalue weighted by Crippen LogP contribution is -2.30. The number of rotatable bonds is 5. The normalized spacial score (nSPS) is 11.6. The van der Waals surface area contributed by atoms with Crippen molar-refractivity contribution in [1.82, 2.24) is 0 Å². The maximum Gasteiger partial charge on any atom is 0.342 e. The molecule has 0 aromatic heterocycles. The fourth-order valence-electron chi connectivity index (χ4n) is 1.95. The number of carbonyl (C=O) groups excluding carboxylic acids is 2. The van der Waals surface area contributed by atoms with E-state index in [1.165, 1.54) is 32.2 Å². The molecule has 1 atom stereocenters. The maximum absolute atomic E-state index is 13.6. The Balaban J connectivity index is 2.07. The van der Waals surface area contributed by atoms with Gasteiger partial charge in [-0.3, -0.25) is 4.79 Å². The number of benzene rings is 2. The number of amides is 1. The molecule has 0 saturated carbocycles. The predicted octanol–water partition coefficient (Wildman–Crippen LogP) is 3.00. The number of hydrogen-bond acceptors (Lipinski definition) is 5. The van der Waals surface area contributed by atoms with Gasteiger partial charge in [0.25, 0.3) is 5.91 Å². The number of anilines is 1. The van der Waals surface area contributed by atoms with Gasteiger partial charge in [0, 0.05) is 6.07 Å². The van der Waals surface area contributed by atoms with Crippen LogP contribution in [0.4, 0.5) is 18.9 Å². The van der Waals surface area contributed by atoms with Gasteiger partial charge in [-0.1, -0.05) is 0 Å². The molecule has 2 aromatic carbocycles. The molecule has 2 N–H and O–H groups in total. The van der Waals surface area contributed by atoms with E-state index in [1.807, 2.05) is 5.32 Å². The number of phenols is 1. The molecule has 6 nitrogen and oxygen atoms in total. The Morgan fingerprint density at radius 3 is 2.42 bits per heavy atom. The van der Waals surface area contributed by atoms with Crippen LogP contribution in [0.2, 0.25) is 0 Å². The van der Waals surface area contributed by atoms with Crippen molar-refractivity contribution < 1.29 is 37.3 Å². The van der Waals surface area contributed by atoms with Crippen LogP contribution in [-0.4, -0.2) is 30.2 Å². The number of nitrogens with one attached hydrogen (secondary N) is 1. The summed E-state index contributed by atoms with van der Waals surface area (Å²) in [6.07, 6.45) is -1.41. The highest BCUT2D eigenvalue weighted by Crippen LogP contribution is 2.25. The summed E-state index contributed by atoms with van der Waals surface area (Å²) < 4.78 is 49.3. The van der Waals surface area contributed by atoms with Gasteiger partial charge < -0.3 is 19.9 Å². The Labute approximate surface area is 146 Å². The van der Waals surface area contributed by atoms with Crippen molar-refractivity contribution in [2.75, 3.05) is 12.4 Å². The van der Waals surface area contributed by atoms with E-state index >= 15 is 0 Å². The molecule has 2 aromatic rings. The van der Waals surface area contributed by atoms with Gasteiger partial charge in [-0.05, 0) is 31.2 Å². The molecule has 0 unspecified atom stereocenters. The molecular formula is C17H14F3NO5. The van der Waals surface area contributed by atoms with Crippen LogP contribution >= 0.6 is 0 Å². The zero-order valence-corrected chi connectivity index (χ0v) is 13.7. The third kappa shape index (κ3) is 4.05. The number of methoxy groups -OCH3 is 1. The van der Waals surface area contributed by atoms with E-state index in [-0.39, 0.29) is 5.56 Å². The van der Waals surface area contributed by atoms with Crippen LogP contribution in [0.25, 0.3) is 0 Å². The monoisotopic (exact) mass is 369 g/mol. The summed E-state index contributed by atoms with van der Waals surface area (Å²) in [5.74, 6) is -6.84. The summed E-state index contributed by atoms with van der Waals surface area (Å²) in [4.78, 5) is 24.0. The minimum Gasteiger partial charge on any atom is -0.507 e. The number of esters is 1. The molecule has 0 spiro atoms. The largest absolute Gasteiger partial charge is 0.507 e. The van der Waals surface area contributed by atoms with Gasteiger partial charge >= 0.3 is 5.97 Å². The van der Waals surface area contributed by atoms with E-state index in [2.05, 4.69) is 0 Å². The van der Waals surface area contributed by atoms with E-state index in [0.717, 1.165) is 6.07 Å². The van der Waals surface area contributed by atoms with Gasteiger partial charge in [0.15, 0.2) is 23.6 Å². The quantitative estimate of drug-likeness (QED) is 0.625. The third-order valence-corrected chi connectivity index (χ3v) is 3.37. The molecule has 0 fully saturated rings. The molecule has 0 heterocycles. The van der Waals surface area contributed by atoms with E-state index in [1.54, 1.807) is 0 Å². The molecule has 0 radical (unpaired) electrons. The Bertz CT molecular complexity index is 857. The zero-order valence-electron chi connectivity index (χ0n) is 13.7. The van der Waals surface area contributed by atoms with Gasteiger partial charge in [-0.15, -0.1) is 0 Å². The molecule has 0 aliphatic carbocycles. The molecule has 138 valence electrons. The topological polar surface area (TPSA) is 84.9 Å². The summed E-state index contributed by atoms with van der Waals surface area (Å²) in [7, 11) is 1.37. The summed E-state index contributed by atoms with van der Waals surface area (Å²) in [5.41, 5.74) is -0.825. The third-order valence-electron chi connectivity index (χ3n) is 3.37. The highest BCUT2D eigenvalue weighted by Gasteiger charge is 2.23. The number of halogens is 3. The van der Waals surface area contributed by atoms with Crippen molar-refractivity contribution in [3.63, 3.8) is 0 Å². The molecule has 0 bridgehead atoms. The molecule has 1 amide bonds. The molecule has 0 aliphatic rings. The Hall–Kier alpha value is -3.23. The average Bonchev–Trinajstić information content (AvgIpc) is 2.61. The smallest absolute Gasteiger partial charge is 0.342 e. The molecule has 26 heavy (non-hydrogen) atoms. The standard InChI is InChI=1S/C17H14F3NO5/c1-8(16(23)21-12-6-5-11(18)14(19)15(12)20)26-17(24)10-4-3-9(25-2)7-13(10)22/h3-8,22H,1-2H3,(H,21,23)/t8-/m1/s1. The van der Waals surface area contributed by atoms with Crippen molar-refractivity contribution in [2.24, 2.45) is 0 Å². The van der Waals surface area contributed by atoms with Crippen LogP contribution in [0.3, 0.4) is 0 Å². The Morgan fingerprint density at radius 2 is 1.81 bits per heavy atom. The van der Waals surface area contributed by atoms with Crippen LogP contribution in [0.5, 0.6) is 11.5 Å². The number of carbonyl (C=O) groups is 2. The highest BCUT2D eigenvalue weighted by molar-refractivity contribution is 5.98. The summed E-state index contributed by atoms with van der Waals surface area (Å²) in [6.45, 7) is 1.19. The SMILES string of the molecule is COc1ccc(C(=O)O[C@H](C)C(=O)Nc2ccc(F)c(F)c2F)c(O)c1. The molecule has 9 heteroatoms. The minimum atomic E-state index is -1.74. The molecule has 2 rings (SSSR count). The number of ether oxygens (including phenoxy) is 2. The zero-order chi connectivity index (χ0) is 19.4. The highest BCUT2D eigenvalue weighted by atomic mass is 19.2. The molecule has 0 aliphatic heterocycles. The predicted molar refractivity (Wildman–Crippen MR) is 84.5 cm³/mol. The van der Waals surface area contributed by atoms with Gasteiger partial charge in [0.1, 0.15) is 17.1 Å². The van der Waals surface area contributed by atoms with Crippen molar-refractivity contribution in [2.45, 2.75) is 13.0 Å². The lowest BCUT2D eigenvalue weighted by molar-refractivity contribution is -0.123. The first-order valence-electron chi connectivity index (χ1n) is 7.27. The average molecular weight is 369 g/mol. The molecule has 0 saturated heterocycles. The summed E-state index contributed by atoms with van der Waals surface area (Å²) in [6, 6.07) is 5.28. The van der Waals surface area contributed by atoms with Gasteiger partial charge in [0.2, 0.25) is 0 Å². The maximum atomic E-state index is 13.6. The van der Waals surface area contributed by atoms with Crippen LogP contribution in [0.15, 0.2) is 30.3 Å². The van der Waals surface area contributed by atoms with Crippen molar-refractivity contribution in [1.29, 1.82) is 0 Å². The second-order valence-electron chi connectivity index (χ2n) is 5.14. The van der Waals surface area contributed by atoms with Gasteiger partial charge in [-0.2, -0.15) is 0 Å². The Morgan fingerprint density at radius 1 is 1.12 bits per heavy atom. The fraction of sp³-hybridized carbons (Fsp3) is 0.176. The fourth-order valence-corrected chi connectivity index (χ4v) is 1.95. The molecular weight excluding hydrogens is 355 g/mol. The summed E-state index contributed by atoms with van der Waals surface area (Å²) >= 11 is 0. The number of aromatic hydroxyl groups is 1. The minimum absolute atomic E-state index is 0.218. The number of hydrogen-bond donors (Lipinski definition) is 2. The van der Waals surface area contributed by atoms with E-state index in [0.29, 0.717) is 11.8 Å². The van der Waals surface area contributed by atoms with E-state index in [9.17, 15) is 27.9 Å². The lowest BCUT2D eigenvalue weighted by Gasteiger charge is -2.15. The first kappa shape index (κ1) is 19.1. The van der Waals surface area contributed by atoms with E-state index < -0.39 is 46.9 Å². The summed E-state index contributed by atoms with van der Waals surface area (Å²) in [5, 5.41) is 11.8. The van der Waals surface area contributed by atoms with Crippen molar-refractivity contribution in [3.05, 3.63) is 53.3 Å². The van der Waals surface area contributed by atoms with Crippen LogP contribution in [0, 0.1) is 17.5 Å². The van der Waals surface area contributed by atoms with Crippen LogP contribution in [-0.2, 0) is 9.53 Å². The second-order valence-corrected chi connectivity index (χ2v) is 5.14. The van der Waals surface area contributed by atoms with Crippen molar-refractivity contribution >= 4 is 17.6 Å². The number of phenolic OH excluding ortho intramolecular Hbond substituents is 1. The Kier molecular flexibility index (Phi) is 5.71. The van der Waals surface area contributed by atoms with E-state index in [4.69, 9.17) is 9.47 Å². The second kappa shape index (κ2) is 7.77.